The molecular weight excluding hydrogens is 412 g/mol. The van der Waals surface area contributed by atoms with Crippen LogP contribution < -0.4 is 0 Å². The quantitative estimate of drug-likeness (QED) is 0.327. The Kier molecular flexibility index (Phi) is 5.89. The zero-order chi connectivity index (χ0) is 23.0. The van der Waals surface area contributed by atoms with E-state index in [0.717, 1.165) is 0 Å². The second-order valence-electron chi connectivity index (χ2n) is 12.4. The number of hydrogen-bond donors (Lipinski definition) is 0. The molecule has 0 nitrogen and oxygen atoms in total. The Labute approximate surface area is 202 Å². The van der Waals surface area contributed by atoms with Gasteiger partial charge in [-0.1, -0.05) is 123 Å². The van der Waals surface area contributed by atoms with Crippen molar-refractivity contribution in [3.63, 3.8) is 0 Å². The highest BCUT2D eigenvalue weighted by Gasteiger charge is 2.57. The minimum absolute atomic E-state index is 0.242. The number of fused-ring (bicyclic) bond motifs is 2. The van der Waals surface area contributed by atoms with Crippen LogP contribution >= 0.6 is 0 Å². The Hall–Kier alpha value is -2.12. The van der Waals surface area contributed by atoms with Crippen molar-refractivity contribution in [2.45, 2.75) is 86.9 Å². The molecule has 0 radical (unpaired) electrons. The smallest absolute Gasteiger partial charge is 0.0443 e. The highest BCUT2D eigenvalue weighted by molar-refractivity contribution is 6.76. The van der Waals surface area contributed by atoms with Crippen molar-refractivity contribution in [3.05, 3.63) is 108 Å². The van der Waals surface area contributed by atoms with E-state index >= 15 is 0 Å². The van der Waals surface area contributed by atoms with Crippen molar-refractivity contribution in [1.82, 2.24) is 0 Å². The molecule has 2 fully saturated rings. The molecule has 0 saturated heterocycles. The topological polar surface area (TPSA) is 0 Å². The maximum absolute atomic E-state index is 2.55. The summed E-state index contributed by atoms with van der Waals surface area (Å²) < 4.78 is 0. The highest BCUT2D eigenvalue weighted by atomic mass is 28.3. The van der Waals surface area contributed by atoms with Gasteiger partial charge in [-0.25, -0.2) is 0 Å². The molecule has 3 aromatic carbocycles. The molecule has 2 unspecified atom stereocenters. The lowest BCUT2D eigenvalue weighted by molar-refractivity contribution is 0.0480. The fourth-order valence-electron chi connectivity index (χ4n) is 7.46. The van der Waals surface area contributed by atoms with E-state index in [1.165, 1.54) is 51.0 Å². The number of benzene rings is 3. The molecule has 0 aromatic heterocycles. The van der Waals surface area contributed by atoms with Crippen molar-refractivity contribution < 1.29 is 0 Å². The van der Waals surface area contributed by atoms with Gasteiger partial charge in [0.1, 0.15) is 0 Å². The summed E-state index contributed by atoms with van der Waals surface area (Å²) in [6, 6.07) is 36.2. The monoisotopic (exact) mass is 452 g/mol. The third-order valence-corrected chi connectivity index (χ3v) is 10.6. The maximum atomic E-state index is 2.55. The molecule has 2 bridgehead atoms. The van der Waals surface area contributed by atoms with Gasteiger partial charge in [-0.2, -0.15) is 0 Å². The van der Waals surface area contributed by atoms with Crippen LogP contribution in [0, 0.1) is 0 Å². The van der Waals surface area contributed by atoms with Gasteiger partial charge in [-0.05, 0) is 71.5 Å². The van der Waals surface area contributed by atoms with Gasteiger partial charge in [0.25, 0.3) is 0 Å². The van der Waals surface area contributed by atoms with Crippen LogP contribution in [-0.4, -0.2) is 8.07 Å². The van der Waals surface area contributed by atoms with Crippen LogP contribution in [0.4, 0.5) is 0 Å². The number of hydrogen-bond acceptors (Lipinski definition) is 0. The Bertz CT molecular complexity index is 994. The first kappa shape index (κ1) is 22.7. The van der Waals surface area contributed by atoms with Crippen LogP contribution in [0.15, 0.2) is 91.0 Å². The summed E-state index contributed by atoms with van der Waals surface area (Å²) in [6.45, 7) is 7.65. The van der Waals surface area contributed by atoms with E-state index in [1.807, 2.05) is 0 Å². The van der Waals surface area contributed by atoms with Crippen LogP contribution in [-0.2, 0) is 16.2 Å². The van der Waals surface area contributed by atoms with E-state index in [2.05, 4.69) is 111 Å². The first-order chi connectivity index (χ1) is 15.9. The Morgan fingerprint density at radius 2 is 1.00 bits per heavy atom. The predicted molar refractivity (Wildman–Crippen MR) is 145 cm³/mol. The van der Waals surface area contributed by atoms with Crippen molar-refractivity contribution in [1.29, 1.82) is 0 Å². The average Bonchev–Trinajstić information content (AvgIpc) is 2.84. The third-order valence-electron chi connectivity index (χ3n) is 8.85. The Morgan fingerprint density at radius 1 is 0.576 bits per heavy atom. The molecule has 5 rings (SSSR count). The van der Waals surface area contributed by atoms with Gasteiger partial charge in [-0.3, -0.25) is 0 Å². The summed E-state index contributed by atoms with van der Waals surface area (Å²) >= 11 is 0. The minimum atomic E-state index is -1.16. The summed E-state index contributed by atoms with van der Waals surface area (Å²) in [5.41, 5.74) is 5.53. The van der Waals surface area contributed by atoms with Gasteiger partial charge in [-0.15, -0.1) is 0 Å². The Balaban J connectivity index is 1.70. The normalized spacial score (nSPS) is 29.5. The van der Waals surface area contributed by atoms with E-state index in [0.29, 0.717) is 0 Å². The van der Waals surface area contributed by atoms with Crippen LogP contribution in [0.25, 0.3) is 0 Å². The lowest BCUT2D eigenvalue weighted by Gasteiger charge is -2.60. The van der Waals surface area contributed by atoms with Crippen LogP contribution in [0.3, 0.4) is 0 Å². The van der Waals surface area contributed by atoms with Crippen LogP contribution in [0.5, 0.6) is 0 Å². The van der Waals surface area contributed by atoms with Crippen LogP contribution in [0.2, 0.25) is 25.7 Å². The maximum Gasteiger partial charge on any atom is 0.0443 e. The largest absolute Gasteiger partial charge is 0.0695 e. The molecule has 0 amide bonds. The standard InChI is InChI=1S/C32H40Si/c1-33(2,3)23-22-32(29-18-11-6-12-19-29)25-30(27-14-7-4-8-15-27)20-13-21-31(24-30,26-32)28-16-9-5-10-17-28/h4-12,14-19H,13,20-26H2,1-3H3. The lowest BCUT2D eigenvalue weighted by Crippen LogP contribution is -2.55. The van der Waals surface area contributed by atoms with Crippen molar-refractivity contribution in [2.24, 2.45) is 0 Å². The molecule has 2 saturated carbocycles. The first-order valence-electron chi connectivity index (χ1n) is 13.0. The van der Waals surface area contributed by atoms with Crippen molar-refractivity contribution in [3.8, 4) is 0 Å². The molecule has 1 heteroatoms. The van der Waals surface area contributed by atoms with E-state index in [9.17, 15) is 0 Å². The zero-order valence-electron chi connectivity index (χ0n) is 20.8. The highest BCUT2D eigenvalue weighted by Crippen LogP contribution is 2.64. The number of rotatable bonds is 6. The van der Waals surface area contributed by atoms with E-state index in [1.54, 1.807) is 16.7 Å². The molecule has 2 aliphatic carbocycles. The molecule has 2 atom stereocenters. The van der Waals surface area contributed by atoms with E-state index < -0.39 is 8.07 Å². The molecule has 0 spiro atoms. The molecular formula is C32H40Si. The fourth-order valence-corrected chi connectivity index (χ4v) is 8.69. The SMILES string of the molecule is C[Si](C)(C)CCC1(c2ccccc2)CC2(c3ccccc3)CCCC(c3ccccc3)(C2)C1. The second-order valence-corrected chi connectivity index (χ2v) is 18.0. The summed E-state index contributed by atoms with van der Waals surface area (Å²) in [7, 11) is -1.16. The minimum Gasteiger partial charge on any atom is -0.0695 e. The first-order valence-corrected chi connectivity index (χ1v) is 16.7. The van der Waals surface area contributed by atoms with Gasteiger partial charge in [0.05, 0.1) is 0 Å². The average molecular weight is 453 g/mol. The Morgan fingerprint density at radius 3 is 1.42 bits per heavy atom. The van der Waals surface area contributed by atoms with Gasteiger partial charge in [0.15, 0.2) is 0 Å². The molecule has 3 aromatic rings. The van der Waals surface area contributed by atoms with Crippen molar-refractivity contribution >= 4 is 8.07 Å². The van der Waals surface area contributed by atoms with Crippen LogP contribution in [0.1, 0.15) is 61.6 Å². The van der Waals surface area contributed by atoms with Crippen molar-refractivity contribution in [2.75, 3.05) is 0 Å². The molecule has 0 aliphatic heterocycles. The van der Waals surface area contributed by atoms with Gasteiger partial charge in [0.2, 0.25) is 0 Å². The molecule has 33 heavy (non-hydrogen) atoms. The molecule has 2 aliphatic rings. The van der Waals surface area contributed by atoms with Gasteiger partial charge in [0, 0.05) is 8.07 Å². The van der Waals surface area contributed by atoms with E-state index in [-0.39, 0.29) is 16.2 Å². The lowest BCUT2D eigenvalue weighted by atomic mass is 9.43. The molecule has 172 valence electrons. The van der Waals surface area contributed by atoms with Gasteiger partial charge >= 0.3 is 0 Å². The summed E-state index contributed by atoms with van der Waals surface area (Å²) in [4.78, 5) is 0. The van der Waals surface area contributed by atoms with Gasteiger partial charge < -0.3 is 0 Å². The predicted octanol–water partition coefficient (Wildman–Crippen LogP) is 8.90. The summed E-state index contributed by atoms with van der Waals surface area (Å²) in [5, 5.41) is 0. The second kappa shape index (κ2) is 8.58. The molecule has 0 heterocycles. The fraction of sp³-hybridized carbons (Fsp3) is 0.438. The summed E-state index contributed by atoms with van der Waals surface area (Å²) in [5.74, 6) is 0. The molecule has 0 N–H and O–H groups in total. The zero-order valence-corrected chi connectivity index (χ0v) is 21.8. The summed E-state index contributed by atoms with van der Waals surface area (Å²) in [6.07, 6.45) is 9.22. The van der Waals surface area contributed by atoms with E-state index in [4.69, 9.17) is 0 Å². The third kappa shape index (κ3) is 4.37.